The lowest BCUT2D eigenvalue weighted by Crippen LogP contribution is -2.51. The highest BCUT2D eigenvalue weighted by Crippen LogP contribution is 2.25. The maximum absolute atomic E-state index is 13.7. The fourth-order valence-corrected chi connectivity index (χ4v) is 5.88. The van der Waals surface area contributed by atoms with Gasteiger partial charge >= 0.3 is 0 Å². The number of benzene rings is 3. The number of rotatable bonds is 9. The summed E-state index contributed by atoms with van der Waals surface area (Å²) in [5.74, 6) is 0.437. The molecule has 1 fully saturated rings. The second-order valence-electron chi connectivity index (χ2n) is 9.03. The van der Waals surface area contributed by atoms with Crippen LogP contribution in [0.3, 0.4) is 0 Å². The van der Waals surface area contributed by atoms with E-state index in [1.165, 1.54) is 15.9 Å². The number of carbonyl (C=O) groups is 1. The largest absolute Gasteiger partial charge is 0.496 e. The SMILES string of the molecule is COc1ccc(S(=O)(=O)N(CC(=O)N2CCN(Cc3ccccc3)CC2)Cc2ccccc2)cc1C. The van der Waals surface area contributed by atoms with Crippen LogP contribution in [0.2, 0.25) is 0 Å². The first-order valence-corrected chi connectivity index (χ1v) is 13.5. The number of piperazine rings is 1. The van der Waals surface area contributed by atoms with Gasteiger partial charge in [0.2, 0.25) is 15.9 Å². The molecule has 1 aliphatic heterocycles. The molecule has 1 aliphatic rings. The molecule has 3 aromatic rings. The van der Waals surface area contributed by atoms with Gasteiger partial charge in [0.05, 0.1) is 18.6 Å². The number of carbonyl (C=O) groups excluding carboxylic acids is 1. The van der Waals surface area contributed by atoms with E-state index in [0.717, 1.165) is 30.8 Å². The van der Waals surface area contributed by atoms with E-state index in [1.54, 1.807) is 31.1 Å². The molecule has 7 nitrogen and oxygen atoms in total. The van der Waals surface area contributed by atoms with Crippen molar-refractivity contribution in [3.63, 3.8) is 0 Å². The number of aryl methyl sites for hydroxylation is 1. The zero-order valence-electron chi connectivity index (χ0n) is 20.8. The summed E-state index contributed by atoms with van der Waals surface area (Å²) in [4.78, 5) is 17.5. The van der Waals surface area contributed by atoms with Crippen LogP contribution in [0.15, 0.2) is 83.8 Å². The molecule has 1 saturated heterocycles. The summed E-state index contributed by atoms with van der Waals surface area (Å²) < 4.78 is 33.9. The van der Waals surface area contributed by atoms with E-state index in [4.69, 9.17) is 4.74 Å². The molecule has 190 valence electrons. The summed E-state index contributed by atoms with van der Waals surface area (Å²) >= 11 is 0. The first kappa shape index (κ1) is 25.9. The van der Waals surface area contributed by atoms with Crippen molar-refractivity contribution in [3.8, 4) is 5.75 Å². The van der Waals surface area contributed by atoms with E-state index in [-0.39, 0.29) is 23.9 Å². The number of nitrogens with zero attached hydrogens (tertiary/aromatic N) is 3. The molecule has 0 unspecified atom stereocenters. The molecular weight excluding hydrogens is 474 g/mol. The van der Waals surface area contributed by atoms with Gasteiger partial charge in [0.25, 0.3) is 0 Å². The molecule has 0 atom stereocenters. The maximum Gasteiger partial charge on any atom is 0.243 e. The second-order valence-corrected chi connectivity index (χ2v) is 11.0. The van der Waals surface area contributed by atoms with Gasteiger partial charge in [-0.15, -0.1) is 0 Å². The Morgan fingerprint density at radius 1 is 0.889 bits per heavy atom. The molecule has 36 heavy (non-hydrogen) atoms. The number of methoxy groups -OCH3 is 1. The van der Waals surface area contributed by atoms with Gasteiger partial charge in [0.1, 0.15) is 5.75 Å². The second kappa shape index (κ2) is 11.7. The Balaban J connectivity index is 1.47. The lowest BCUT2D eigenvalue weighted by Gasteiger charge is -2.35. The van der Waals surface area contributed by atoms with Crippen LogP contribution in [0.25, 0.3) is 0 Å². The van der Waals surface area contributed by atoms with Crippen LogP contribution in [-0.2, 0) is 27.9 Å². The Bertz CT molecular complexity index is 1260. The van der Waals surface area contributed by atoms with Crippen molar-refractivity contribution in [3.05, 3.63) is 95.6 Å². The number of ether oxygens (including phenoxy) is 1. The Kier molecular flexibility index (Phi) is 8.40. The van der Waals surface area contributed by atoms with Crippen LogP contribution < -0.4 is 4.74 Å². The molecule has 0 aromatic heterocycles. The number of sulfonamides is 1. The van der Waals surface area contributed by atoms with Gasteiger partial charge in [-0.2, -0.15) is 4.31 Å². The zero-order valence-corrected chi connectivity index (χ0v) is 21.7. The molecule has 1 amide bonds. The van der Waals surface area contributed by atoms with Crippen LogP contribution in [0.1, 0.15) is 16.7 Å². The molecule has 0 N–H and O–H groups in total. The number of hydrogen-bond acceptors (Lipinski definition) is 5. The van der Waals surface area contributed by atoms with Crippen molar-refractivity contribution >= 4 is 15.9 Å². The van der Waals surface area contributed by atoms with Crippen LogP contribution >= 0.6 is 0 Å². The van der Waals surface area contributed by atoms with Gasteiger partial charge < -0.3 is 9.64 Å². The van der Waals surface area contributed by atoms with E-state index in [9.17, 15) is 13.2 Å². The molecule has 4 rings (SSSR count). The standard InChI is InChI=1S/C28H33N3O4S/c1-23-19-26(13-14-27(23)35-2)36(33,34)31(21-25-11-7-4-8-12-25)22-28(32)30-17-15-29(16-18-30)20-24-9-5-3-6-10-24/h3-14,19H,15-18,20-22H2,1-2H3. The van der Waals surface area contributed by atoms with Crippen molar-refractivity contribution in [2.24, 2.45) is 0 Å². The first-order valence-electron chi connectivity index (χ1n) is 12.1. The Hall–Kier alpha value is -3.20. The van der Waals surface area contributed by atoms with Gasteiger partial charge in [-0.1, -0.05) is 60.7 Å². The average molecular weight is 508 g/mol. The Morgan fingerprint density at radius 3 is 2.08 bits per heavy atom. The van der Waals surface area contributed by atoms with Gasteiger partial charge in [-0.05, 0) is 41.8 Å². The molecule has 8 heteroatoms. The fourth-order valence-electron chi connectivity index (χ4n) is 4.42. The molecule has 0 spiro atoms. The Labute approximate surface area is 214 Å². The summed E-state index contributed by atoms with van der Waals surface area (Å²) in [6, 6.07) is 24.4. The van der Waals surface area contributed by atoms with E-state index in [2.05, 4.69) is 17.0 Å². The minimum absolute atomic E-state index is 0.119. The zero-order chi connectivity index (χ0) is 25.5. The van der Waals surface area contributed by atoms with Crippen molar-refractivity contribution in [2.45, 2.75) is 24.9 Å². The third-order valence-electron chi connectivity index (χ3n) is 6.49. The maximum atomic E-state index is 13.7. The third-order valence-corrected chi connectivity index (χ3v) is 8.28. The molecule has 0 saturated carbocycles. The lowest BCUT2D eigenvalue weighted by atomic mass is 10.2. The molecule has 0 bridgehead atoms. The van der Waals surface area contributed by atoms with E-state index < -0.39 is 10.0 Å². The van der Waals surface area contributed by atoms with Crippen molar-refractivity contribution in [1.29, 1.82) is 0 Å². The average Bonchev–Trinajstić information content (AvgIpc) is 2.90. The minimum Gasteiger partial charge on any atom is -0.496 e. The van der Waals surface area contributed by atoms with Crippen LogP contribution in [-0.4, -0.2) is 68.3 Å². The molecular formula is C28H33N3O4S. The predicted molar refractivity (Wildman–Crippen MR) is 140 cm³/mol. The molecule has 0 radical (unpaired) electrons. The van der Waals surface area contributed by atoms with Crippen molar-refractivity contribution < 1.29 is 17.9 Å². The first-order chi connectivity index (χ1) is 17.4. The minimum atomic E-state index is -3.91. The monoisotopic (exact) mass is 507 g/mol. The van der Waals surface area contributed by atoms with Crippen molar-refractivity contribution in [2.75, 3.05) is 39.8 Å². The summed E-state index contributed by atoms with van der Waals surface area (Å²) in [6.45, 7) is 5.22. The smallest absolute Gasteiger partial charge is 0.243 e. The van der Waals surface area contributed by atoms with Gasteiger partial charge in [0.15, 0.2) is 0 Å². The third kappa shape index (κ3) is 6.32. The highest BCUT2D eigenvalue weighted by atomic mass is 32.2. The predicted octanol–water partition coefficient (Wildman–Crippen LogP) is 3.54. The summed E-state index contributed by atoms with van der Waals surface area (Å²) in [5, 5.41) is 0. The number of hydrogen-bond donors (Lipinski definition) is 0. The summed E-state index contributed by atoms with van der Waals surface area (Å²) in [7, 11) is -2.36. The summed E-state index contributed by atoms with van der Waals surface area (Å²) in [5.41, 5.74) is 2.79. The van der Waals surface area contributed by atoms with Gasteiger partial charge in [-0.25, -0.2) is 8.42 Å². The highest BCUT2D eigenvalue weighted by Gasteiger charge is 2.30. The van der Waals surface area contributed by atoms with Crippen molar-refractivity contribution in [1.82, 2.24) is 14.1 Å². The molecule has 3 aromatic carbocycles. The van der Waals surface area contributed by atoms with Gasteiger partial charge in [0, 0.05) is 39.3 Å². The quantitative estimate of drug-likeness (QED) is 0.443. The normalized spacial score (nSPS) is 14.7. The lowest BCUT2D eigenvalue weighted by molar-refractivity contribution is -0.133. The van der Waals surface area contributed by atoms with Gasteiger partial charge in [-0.3, -0.25) is 9.69 Å². The molecule has 1 heterocycles. The van der Waals surface area contributed by atoms with E-state index in [0.29, 0.717) is 18.8 Å². The van der Waals surface area contributed by atoms with Crippen LogP contribution in [0.5, 0.6) is 5.75 Å². The molecule has 0 aliphatic carbocycles. The van der Waals surface area contributed by atoms with Crippen LogP contribution in [0.4, 0.5) is 0 Å². The Morgan fingerprint density at radius 2 is 1.50 bits per heavy atom. The van der Waals surface area contributed by atoms with Crippen LogP contribution in [0, 0.1) is 6.92 Å². The topological polar surface area (TPSA) is 70.2 Å². The fraction of sp³-hybridized carbons (Fsp3) is 0.321. The summed E-state index contributed by atoms with van der Waals surface area (Å²) in [6.07, 6.45) is 0. The number of amides is 1. The van der Waals surface area contributed by atoms with E-state index in [1.807, 2.05) is 48.5 Å². The highest BCUT2D eigenvalue weighted by molar-refractivity contribution is 7.89. The van der Waals surface area contributed by atoms with E-state index >= 15 is 0 Å².